The third kappa shape index (κ3) is 4.44. The van der Waals surface area contributed by atoms with Crippen LogP contribution >= 0.6 is 23.4 Å². The molecule has 1 heterocycles. The summed E-state index contributed by atoms with van der Waals surface area (Å²) in [6, 6.07) is 14.1. The summed E-state index contributed by atoms with van der Waals surface area (Å²) in [4.78, 5) is 16.8. The summed E-state index contributed by atoms with van der Waals surface area (Å²) in [5.74, 6) is 0.493. The lowest BCUT2D eigenvalue weighted by Crippen LogP contribution is -2.25. The topological polar surface area (TPSA) is 41.5 Å². The Morgan fingerprint density at radius 2 is 1.92 bits per heavy atom. The molecule has 1 amide bonds. The van der Waals surface area contributed by atoms with Crippen LogP contribution in [-0.4, -0.2) is 16.3 Å². The van der Waals surface area contributed by atoms with Gasteiger partial charge in [0.2, 0.25) is 5.91 Å². The molecule has 1 fully saturated rings. The number of rotatable bonds is 4. The highest BCUT2D eigenvalue weighted by molar-refractivity contribution is 8.15. The Morgan fingerprint density at radius 3 is 2.56 bits per heavy atom. The van der Waals surface area contributed by atoms with Crippen molar-refractivity contribution < 1.29 is 4.79 Å². The fourth-order valence-electron chi connectivity index (χ4n) is 2.62. The summed E-state index contributed by atoms with van der Waals surface area (Å²) < 4.78 is 0. The maximum absolute atomic E-state index is 12.2. The molecule has 0 spiro atoms. The zero-order chi connectivity index (χ0) is 18.0. The number of aryl methyl sites for hydroxylation is 1. The van der Waals surface area contributed by atoms with E-state index in [9.17, 15) is 4.79 Å². The zero-order valence-corrected chi connectivity index (χ0v) is 16.1. The molecule has 0 radical (unpaired) electrons. The molecule has 1 unspecified atom stereocenters. The van der Waals surface area contributed by atoms with E-state index in [1.54, 1.807) is 0 Å². The van der Waals surface area contributed by atoms with E-state index >= 15 is 0 Å². The van der Waals surface area contributed by atoms with Crippen LogP contribution in [-0.2, 0) is 11.2 Å². The molecule has 0 aromatic heterocycles. The molecule has 25 heavy (non-hydrogen) atoms. The number of hydrogen-bond donors (Lipinski definition) is 1. The Morgan fingerprint density at radius 1 is 1.20 bits per heavy atom. The summed E-state index contributed by atoms with van der Waals surface area (Å²) in [5, 5.41) is 4.10. The molecule has 0 aliphatic carbocycles. The van der Waals surface area contributed by atoms with E-state index in [2.05, 4.69) is 36.3 Å². The Bertz CT molecular complexity index is 815. The highest BCUT2D eigenvalue weighted by Crippen LogP contribution is 2.27. The number of halogens is 1. The van der Waals surface area contributed by atoms with Crippen molar-refractivity contribution in [3.05, 3.63) is 64.2 Å². The second-order valence-electron chi connectivity index (χ2n) is 6.55. The quantitative estimate of drug-likeness (QED) is 0.797. The van der Waals surface area contributed by atoms with Crippen molar-refractivity contribution in [2.24, 2.45) is 4.99 Å². The van der Waals surface area contributed by atoms with E-state index < -0.39 is 0 Å². The van der Waals surface area contributed by atoms with Crippen LogP contribution in [0.25, 0.3) is 0 Å². The van der Waals surface area contributed by atoms with Gasteiger partial charge in [-0.2, -0.15) is 0 Å². The number of aliphatic imine (C=N–C) groups is 1. The van der Waals surface area contributed by atoms with Crippen LogP contribution in [0, 0.1) is 6.92 Å². The third-order valence-electron chi connectivity index (χ3n) is 4.22. The number of carbonyl (C=O) groups is 1. The number of hydrogen-bond acceptors (Lipinski definition) is 3. The van der Waals surface area contributed by atoms with E-state index in [1.165, 1.54) is 17.3 Å². The highest BCUT2D eigenvalue weighted by atomic mass is 35.5. The minimum Gasteiger partial charge on any atom is -0.304 e. The van der Waals surface area contributed by atoms with Crippen LogP contribution in [0.1, 0.15) is 36.5 Å². The van der Waals surface area contributed by atoms with E-state index in [1.807, 2.05) is 37.3 Å². The van der Waals surface area contributed by atoms with Crippen molar-refractivity contribution >= 4 is 40.1 Å². The normalized spacial score (nSPS) is 18.8. The van der Waals surface area contributed by atoms with Gasteiger partial charge in [-0.15, -0.1) is 0 Å². The fraction of sp³-hybridized carbons (Fsp3) is 0.300. The number of amides is 1. The Hall–Kier alpha value is -1.78. The predicted molar refractivity (Wildman–Crippen MR) is 107 cm³/mol. The van der Waals surface area contributed by atoms with Crippen LogP contribution in [0.15, 0.2) is 47.5 Å². The average Bonchev–Trinajstić information content (AvgIpc) is 2.91. The number of carbonyl (C=O) groups excluding carboxylic acids is 1. The summed E-state index contributed by atoms with van der Waals surface area (Å²) in [6.07, 6.45) is 0.641. The van der Waals surface area contributed by atoms with Crippen molar-refractivity contribution in [2.45, 2.75) is 38.4 Å². The second kappa shape index (κ2) is 7.63. The lowest BCUT2D eigenvalue weighted by atomic mass is 10.0. The van der Waals surface area contributed by atoms with Crippen molar-refractivity contribution in [1.82, 2.24) is 5.32 Å². The molecule has 5 heteroatoms. The molecule has 1 aliphatic rings. The number of nitrogens with zero attached hydrogens (tertiary/aromatic N) is 1. The maximum Gasteiger partial charge on any atom is 0.239 e. The molecule has 3 nitrogen and oxygen atoms in total. The van der Waals surface area contributed by atoms with Crippen molar-refractivity contribution in [1.29, 1.82) is 0 Å². The third-order valence-corrected chi connectivity index (χ3v) is 5.71. The number of thioether (sulfide) groups is 1. The van der Waals surface area contributed by atoms with E-state index in [0.717, 1.165) is 21.8 Å². The molecule has 1 N–H and O–H groups in total. The van der Waals surface area contributed by atoms with Gasteiger partial charge in [0.05, 0.1) is 10.9 Å². The van der Waals surface area contributed by atoms with Crippen LogP contribution in [0.4, 0.5) is 5.69 Å². The maximum atomic E-state index is 12.2. The highest BCUT2D eigenvalue weighted by Gasteiger charge is 2.30. The van der Waals surface area contributed by atoms with Gasteiger partial charge < -0.3 is 5.32 Å². The van der Waals surface area contributed by atoms with Crippen LogP contribution in [0.3, 0.4) is 0 Å². The lowest BCUT2D eigenvalue weighted by Gasteiger charge is -2.07. The first-order valence-corrected chi connectivity index (χ1v) is 9.59. The molecular weight excluding hydrogens is 352 g/mol. The fourth-order valence-corrected chi connectivity index (χ4v) is 3.85. The van der Waals surface area contributed by atoms with Crippen molar-refractivity contribution in [2.75, 3.05) is 0 Å². The van der Waals surface area contributed by atoms with Crippen molar-refractivity contribution in [3.63, 3.8) is 0 Å². The molecular formula is C20H21ClN2OS. The molecule has 1 saturated heterocycles. The van der Waals surface area contributed by atoms with Crippen LogP contribution in [0.2, 0.25) is 5.02 Å². The summed E-state index contributed by atoms with van der Waals surface area (Å²) >= 11 is 7.65. The standard InChI is InChI=1S/C20H21ClN2OS/c1-12(2)15-6-8-16(9-7-15)22-20-23-19(24)18(25-20)11-14-5-4-13(3)17(21)10-14/h4-10,12,18H,11H2,1-3H3,(H,22,23,24). The second-order valence-corrected chi connectivity index (χ2v) is 8.15. The van der Waals surface area contributed by atoms with Gasteiger partial charge in [0, 0.05) is 5.02 Å². The number of amidine groups is 1. The molecule has 3 rings (SSSR count). The van der Waals surface area contributed by atoms with E-state index in [4.69, 9.17) is 11.6 Å². The van der Waals surface area contributed by atoms with E-state index in [-0.39, 0.29) is 11.2 Å². The predicted octanol–water partition coefficient (Wildman–Crippen LogP) is 5.23. The van der Waals surface area contributed by atoms with Gasteiger partial charge in [-0.1, -0.05) is 61.5 Å². The first kappa shape index (κ1) is 18.0. The smallest absolute Gasteiger partial charge is 0.239 e. The minimum absolute atomic E-state index is 0.000696. The van der Waals surface area contributed by atoms with Crippen LogP contribution in [0.5, 0.6) is 0 Å². The molecule has 1 aliphatic heterocycles. The van der Waals surface area contributed by atoms with Gasteiger partial charge in [-0.05, 0) is 54.2 Å². The monoisotopic (exact) mass is 372 g/mol. The van der Waals surface area contributed by atoms with Gasteiger partial charge in [0.25, 0.3) is 0 Å². The van der Waals surface area contributed by atoms with E-state index in [0.29, 0.717) is 17.5 Å². The number of nitrogens with one attached hydrogen (secondary N) is 1. The molecule has 2 aromatic carbocycles. The molecule has 130 valence electrons. The first-order valence-electron chi connectivity index (χ1n) is 8.33. The summed E-state index contributed by atoms with van der Waals surface area (Å²) in [7, 11) is 0. The molecule has 0 bridgehead atoms. The Kier molecular flexibility index (Phi) is 5.50. The number of benzene rings is 2. The Labute approximate surface area is 157 Å². The van der Waals surface area contributed by atoms with Gasteiger partial charge in [0.1, 0.15) is 0 Å². The SMILES string of the molecule is Cc1ccc(CC2SC(=Nc3ccc(C(C)C)cc3)NC2=O)cc1Cl. The largest absolute Gasteiger partial charge is 0.304 e. The van der Waals surface area contributed by atoms with Gasteiger partial charge >= 0.3 is 0 Å². The molecule has 1 atom stereocenters. The summed E-state index contributed by atoms with van der Waals surface area (Å²) in [5.41, 5.74) is 4.24. The Balaban J connectivity index is 1.70. The van der Waals surface area contributed by atoms with Crippen molar-refractivity contribution in [3.8, 4) is 0 Å². The lowest BCUT2D eigenvalue weighted by molar-refractivity contribution is -0.118. The van der Waals surface area contributed by atoms with Gasteiger partial charge in [-0.25, -0.2) is 4.99 Å². The molecule has 0 saturated carbocycles. The van der Waals surface area contributed by atoms with Crippen LogP contribution < -0.4 is 5.32 Å². The summed E-state index contributed by atoms with van der Waals surface area (Å²) in [6.45, 7) is 6.30. The average molecular weight is 373 g/mol. The minimum atomic E-state index is -0.174. The molecule has 2 aromatic rings. The zero-order valence-electron chi connectivity index (χ0n) is 14.5. The first-order chi connectivity index (χ1) is 11.9. The van der Waals surface area contributed by atoms with Gasteiger partial charge in [0.15, 0.2) is 5.17 Å². The van der Waals surface area contributed by atoms with Gasteiger partial charge in [-0.3, -0.25) is 4.79 Å².